The number of benzene rings is 1. The van der Waals surface area contributed by atoms with Gasteiger partial charge in [0.2, 0.25) is 0 Å². The Balaban J connectivity index is 1.67. The first-order chi connectivity index (χ1) is 14.8. The zero-order valence-corrected chi connectivity index (χ0v) is 18.0. The van der Waals surface area contributed by atoms with E-state index in [2.05, 4.69) is 25.3 Å². The van der Waals surface area contributed by atoms with Crippen molar-refractivity contribution in [2.45, 2.75) is 33.7 Å². The van der Waals surface area contributed by atoms with Crippen LogP contribution < -0.4 is 10.9 Å². The number of nitrogens with one attached hydrogen (secondary N) is 3. The van der Waals surface area contributed by atoms with Gasteiger partial charge in [-0.25, -0.2) is 4.98 Å². The van der Waals surface area contributed by atoms with E-state index in [9.17, 15) is 9.59 Å². The number of rotatable bonds is 5. The molecule has 0 fully saturated rings. The maximum atomic E-state index is 13.1. The fraction of sp³-hybridized carbons (Fsp3) is 0.250. The van der Waals surface area contributed by atoms with E-state index in [0.29, 0.717) is 22.8 Å². The highest BCUT2D eigenvalue weighted by Gasteiger charge is 2.22. The van der Waals surface area contributed by atoms with Gasteiger partial charge in [-0.3, -0.25) is 14.6 Å². The SMILES string of the molecule is Cc1[nH]c2ccc(C(=O)N[C@H](c3cc(=O)[nH]c(-c4ccccn4)n3)C(C)C)cc2c1C. The summed E-state index contributed by atoms with van der Waals surface area (Å²) < 4.78 is 0. The molecule has 1 amide bonds. The van der Waals surface area contributed by atoms with Gasteiger partial charge < -0.3 is 15.3 Å². The normalized spacial score (nSPS) is 12.3. The van der Waals surface area contributed by atoms with Crippen LogP contribution in [0.2, 0.25) is 0 Å². The number of carbonyl (C=O) groups is 1. The number of amides is 1. The standard InChI is InChI=1S/C24H25N5O2/c1-13(2)22(20-12-21(30)28-23(27-20)19-7-5-6-10-25-19)29-24(31)16-8-9-18-17(11-16)14(3)15(4)26-18/h5-13,22,26H,1-4H3,(H,29,31)(H,27,28,30)/t22-/m0/s1. The van der Waals surface area contributed by atoms with Gasteiger partial charge in [0, 0.05) is 34.4 Å². The fourth-order valence-electron chi connectivity index (χ4n) is 3.67. The van der Waals surface area contributed by atoms with E-state index in [1.165, 1.54) is 6.07 Å². The van der Waals surface area contributed by atoms with Gasteiger partial charge >= 0.3 is 0 Å². The van der Waals surface area contributed by atoms with Crippen LogP contribution in [0.15, 0.2) is 53.5 Å². The predicted octanol–water partition coefficient (Wildman–Crippen LogP) is 4.06. The molecule has 1 aromatic carbocycles. The maximum absolute atomic E-state index is 13.1. The first-order valence-corrected chi connectivity index (χ1v) is 10.3. The summed E-state index contributed by atoms with van der Waals surface area (Å²) in [6.07, 6.45) is 1.64. The van der Waals surface area contributed by atoms with Gasteiger partial charge in [0.25, 0.3) is 11.5 Å². The van der Waals surface area contributed by atoms with Gasteiger partial charge in [0.05, 0.1) is 11.7 Å². The smallest absolute Gasteiger partial charge is 0.251 e. The lowest BCUT2D eigenvalue weighted by Gasteiger charge is -2.22. The van der Waals surface area contributed by atoms with Crippen LogP contribution in [-0.2, 0) is 0 Å². The van der Waals surface area contributed by atoms with Gasteiger partial charge in [-0.1, -0.05) is 19.9 Å². The molecule has 31 heavy (non-hydrogen) atoms. The summed E-state index contributed by atoms with van der Waals surface area (Å²) in [7, 11) is 0. The van der Waals surface area contributed by atoms with E-state index < -0.39 is 6.04 Å². The van der Waals surface area contributed by atoms with Crippen LogP contribution in [0.1, 0.15) is 47.2 Å². The molecule has 3 aromatic heterocycles. The molecule has 4 aromatic rings. The molecule has 158 valence electrons. The molecule has 0 aliphatic carbocycles. The fourth-order valence-corrected chi connectivity index (χ4v) is 3.67. The van der Waals surface area contributed by atoms with E-state index >= 15 is 0 Å². The lowest BCUT2D eigenvalue weighted by atomic mass is 9.99. The van der Waals surface area contributed by atoms with Crippen molar-refractivity contribution in [1.29, 1.82) is 0 Å². The Morgan fingerprint density at radius 2 is 1.87 bits per heavy atom. The topological polar surface area (TPSA) is 104 Å². The molecule has 0 aliphatic rings. The molecule has 0 unspecified atom stereocenters. The number of fused-ring (bicyclic) bond motifs is 1. The van der Waals surface area contributed by atoms with E-state index in [4.69, 9.17) is 0 Å². The van der Waals surface area contributed by atoms with Crippen LogP contribution in [0, 0.1) is 19.8 Å². The van der Waals surface area contributed by atoms with Crippen LogP contribution in [0.5, 0.6) is 0 Å². The monoisotopic (exact) mass is 415 g/mol. The molecule has 0 saturated heterocycles. The van der Waals surface area contributed by atoms with Crippen molar-refractivity contribution >= 4 is 16.8 Å². The van der Waals surface area contributed by atoms with Crippen molar-refractivity contribution in [3.8, 4) is 11.5 Å². The second-order valence-corrected chi connectivity index (χ2v) is 8.06. The number of aromatic amines is 2. The van der Waals surface area contributed by atoms with Crippen molar-refractivity contribution in [3.63, 3.8) is 0 Å². The van der Waals surface area contributed by atoms with Gasteiger partial charge in [-0.15, -0.1) is 0 Å². The van der Waals surface area contributed by atoms with Crippen LogP contribution in [0.4, 0.5) is 0 Å². The zero-order valence-electron chi connectivity index (χ0n) is 18.0. The molecule has 0 bridgehead atoms. The third-order valence-electron chi connectivity index (χ3n) is 5.51. The largest absolute Gasteiger partial charge is 0.358 e. The number of hydrogen-bond acceptors (Lipinski definition) is 4. The minimum absolute atomic E-state index is 0.0230. The number of aromatic nitrogens is 4. The highest BCUT2D eigenvalue weighted by Crippen LogP contribution is 2.24. The first kappa shape index (κ1) is 20.5. The minimum Gasteiger partial charge on any atom is -0.358 e. The van der Waals surface area contributed by atoms with Gasteiger partial charge in [-0.2, -0.15) is 0 Å². The Morgan fingerprint density at radius 1 is 1.06 bits per heavy atom. The summed E-state index contributed by atoms with van der Waals surface area (Å²) in [4.78, 5) is 40.3. The average Bonchev–Trinajstić information content (AvgIpc) is 3.05. The lowest BCUT2D eigenvalue weighted by Crippen LogP contribution is -2.33. The summed E-state index contributed by atoms with van der Waals surface area (Å²) in [6.45, 7) is 8.02. The van der Waals surface area contributed by atoms with Gasteiger partial charge in [0.1, 0.15) is 5.69 Å². The van der Waals surface area contributed by atoms with E-state index in [1.54, 1.807) is 24.4 Å². The van der Waals surface area contributed by atoms with Crippen molar-refractivity contribution in [2.24, 2.45) is 5.92 Å². The van der Waals surface area contributed by atoms with E-state index in [0.717, 1.165) is 22.2 Å². The highest BCUT2D eigenvalue weighted by atomic mass is 16.1. The molecule has 1 atom stereocenters. The number of nitrogens with zero attached hydrogens (tertiary/aromatic N) is 2. The maximum Gasteiger partial charge on any atom is 0.251 e. The Hall–Kier alpha value is -3.74. The number of carbonyl (C=O) groups excluding carboxylic acids is 1. The first-order valence-electron chi connectivity index (χ1n) is 10.3. The highest BCUT2D eigenvalue weighted by molar-refractivity contribution is 5.99. The lowest BCUT2D eigenvalue weighted by molar-refractivity contribution is 0.0924. The minimum atomic E-state index is -0.429. The van der Waals surface area contributed by atoms with Crippen molar-refractivity contribution < 1.29 is 4.79 Å². The van der Waals surface area contributed by atoms with Crippen LogP contribution in [-0.4, -0.2) is 25.8 Å². The van der Waals surface area contributed by atoms with Crippen molar-refractivity contribution in [2.75, 3.05) is 0 Å². The Bertz CT molecular complexity index is 1300. The molecular formula is C24H25N5O2. The summed E-state index contributed by atoms with van der Waals surface area (Å²) in [5, 5.41) is 4.09. The zero-order chi connectivity index (χ0) is 22.1. The molecule has 4 rings (SSSR count). The molecule has 7 nitrogen and oxygen atoms in total. The van der Waals surface area contributed by atoms with Crippen LogP contribution in [0.3, 0.4) is 0 Å². The average molecular weight is 415 g/mol. The molecule has 0 radical (unpaired) electrons. The molecular weight excluding hydrogens is 390 g/mol. The van der Waals surface area contributed by atoms with E-state index in [-0.39, 0.29) is 17.4 Å². The number of H-pyrrole nitrogens is 2. The summed E-state index contributed by atoms with van der Waals surface area (Å²) in [5.74, 6) is 0.193. The Labute approximate surface area is 180 Å². The van der Waals surface area contributed by atoms with Crippen LogP contribution in [0.25, 0.3) is 22.4 Å². The second-order valence-electron chi connectivity index (χ2n) is 8.06. The quantitative estimate of drug-likeness (QED) is 0.457. The molecule has 0 aliphatic heterocycles. The van der Waals surface area contributed by atoms with Crippen molar-refractivity contribution in [1.82, 2.24) is 25.3 Å². The van der Waals surface area contributed by atoms with Crippen LogP contribution >= 0.6 is 0 Å². The molecule has 3 N–H and O–H groups in total. The molecule has 3 heterocycles. The number of aryl methyl sites for hydroxylation is 2. The third-order valence-corrected chi connectivity index (χ3v) is 5.51. The summed E-state index contributed by atoms with van der Waals surface area (Å²) in [6, 6.07) is 12.0. The predicted molar refractivity (Wildman–Crippen MR) is 121 cm³/mol. The molecule has 0 spiro atoms. The third kappa shape index (κ3) is 4.12. The van der Waals surface area contributed by atoms with Gasteiger partial charge in [0.15, 0.2) is 5.82 Å². The van der Waals surface area contributed by atoms with Crippen molar-refractivity contribution in [3.05, 3.63) is 81.5 Å². The summed E-state index contributed by atoms with van der Waals surface area (Å²) in [5.41, 5.74) is 4.56. The molecule has 0 saturated carbocycles. The Morgan fingerprint density at radius 3 is 2.58 bits per heavy atom. The number of pyridine rings is 1. The second kappa shape index (κ2) is 8.18. The van der Waals surface area contributed by atoms with Gasteiger partial charge in [-0.05, 0) is 55.7 Å². The molecule has 7 heteroatoms. The van der Waals surface area contributed by atoms with E-state index in [1.807, 2.05) is 45.9 Å². The Kier molecular flexibility index (Phi) is 5.42. The summed E-state index contributed by atoms with van der Waals surface area (Å²) >= 11 is 0. The number of hydrogen-bond donors (Lipinski definition) is 3.